The second kappa shape index (κ2) is 5.14. The molecule has 3 heteroatoms. The van der Waals surface area contributed by atoms with Gasteiger partial charge >= 0.3 is 9.28 Å². The summed E-state index contributed by atoms with van der Waals surface area (Å²) in [4.78, 5) is 8.28. The molecule has 0 bridgehead atoms. The Kier molecular flexibility index (Phi) is 8.10. The van der Waals surface area contributed by atoms with Crippen molar-refractivity contribution in [3.05, 3.63) is 0 Å². The zero-order chi connectivity index (χ0) is 4.28. The van der Waals surface area contributed by atoms with Crippen molar-refractivity contribution in [3.63, 3.8) is 0 Å². The van der Waals surface area contributed by atoms with Crippen LogP contribution in [0.5, 0.6) is 0 Å². The Labute approximate surface area is 40.6 Å². The van der Waals surface area contributed by atoms with Crippen LogP contribution >= 0.6 is 0 Å². The van der Waals surface area contributed by atoms with E-state index in [1.807, 2.05) is 0 Å². The van der Waals surface area contributed by atoms with Crippen LogP contribution in [-0.4, -0.2) is 21.2 Å². The van der Waals surface area contributed by atoms with Gasteiger partial charge in [0.1, 0.15) is 0 Å². The van der Waals surface area contributed by atoms with Gasteiger partial charge in [0.05, 0.1) is 0 Å². The van der Waals surface area contributed by atoms with Crippen LogP contribution < -0.4 is 0 Å². The van der Waals surface area contributed by atoms with E-state index in [4.69, 9.17) is 4.80 Å². The molecule has 2 nitrogen and oxygen atoms in total. The first-order valence-electron chi connectivity index (χ1n) is 1.48. The fraction of sp³-hybridized carbons (Fsp3) is 1.00. The van der Waals surface area contributed by atoms with Crippen molar-refractivity contribution in [1.82, 2.24) is 0 Å². The van der Waals surface area contributed by atoms with E-state index in [0.717, 1.165) is 0 Å². The standard InChI is InChI=1S/C2H8O2Si.CH4/c1-4-5(2)3;/h3,5H,1-2H3;1H4. The SMILES string of the molecule is C.CO[SiH](C)O. The van der Waals surface area contributed by atoms with Crippen LogP contribution in [0.4, 0.5) is 0 Å². The van der Waals surface area contributed by atoms with Crippen LogP contribution in [0, 0.1) is 0 Å². The van der Waals surface area contributed by atoms with Crippen LogP contribution in [-0.2, 0) is 4.43 Å². The van der Waals surface area contributed by atoms with E-state index in [-0.39, 0.29) is 7.43 Å². The molecule has 0 aliphatic heterocycles. The van der Waals surface area contributed by atoms with E-state index in [9.17, 15) is 0 Å². The van der Waals surface area contributed by atoms with Gasteiger partial charge in [0.25, 0.3) is 0 Å². The third kappa shape index (κ3) is 8.91. The molecule has 0 aromatic rings. The molecule has 0 heterocycles. The second-order valence-electron chi connectivity index (χ2n) is 0.835. The summed E-state index contributed by atoms with van der Waals surface area (Å²) in [7, 11) is -0.139. The lowest BCUT2D eigenvalue weighted by atomic mass is 11.8. The zero-order valence-electron chi connectivity index (χ0n) is 3.43. The van der Waals surface area contributed by atoms with Crippen molar-refractivity contribution in [2.45, 2.75) is 14.0 Å². The van der Waals surface area contributed by atoms with Crippen molar-refractivity contribution in [2.75, 3.05) is 7.11 Å². The Morgan fingerprint density at radius 3 is 1.83 bits per heavy atom. The zero-order valence-corrected chi connectivity index (χ0v) is 4.59. The molecule has 1 unspecified atom stereocenters. The molecule has 0 fully saturated rings. The van der Waals surface area contributed by atoms with E-state index >= 15 is 0 Å². The Balaban J connectivity index is 0. The molecular formula is C3H12O2Si. The lowest BCUT2D eigenvalue weighted by Crippen LogP contribution is -2.07. The van der Waals surface area contributed by atoms with E-state index in [1.165, 1.54) is 7.11 Å². The topological polar surface area (TPSA) is 29.5 Å². The average molecular weight is 108 g/mol. The summed E-state index contributed by atoms with van der Waals surface area (Å²) in [5, 5.41) is 0. The van der Waals surface area contributed by atoms with Crippen molar-refractivity contribution < 1.29 is 9.22 Å². The number of hydrogen-bond acceptors (Lipinski definition) is 2. The summed E-state index contributed by atoms with van der Waals surface area (Å²) < 4.78 is 4.44. The van der Waals surface area contributed by atoms with E-state index in [0.29, 0.717) is 0 Å². The molecular weight excluding hydrogens is 96.1 g/mol. The highest BCUT2D eigenvalue weighted by molar-refractivity contribution is 6.40. The van der Waals surface area contributed by atoms with Crippen LogP contribution in [0.1, 0.15) is 7.43 Å². The Morgan fingerprint density at radius 1 is 1.67 bits per heavy atom. The molecule has 0 spiro atoms. The lowest BCUT2D eigenvalue weighted by Gasteiger charge is -1.90. The minimum atomic E-state index is -1.65. The fourth-order valence-electron chi connectivity index (χ4n) is 0. The number of hydrogen-bond donors (Lipinski definition) is 1. The van der Waals surface area contributed by atoms with Crippen LogP contribution in [0.2, 0.25) is 6.55 Å². The average Bonchev–Trinajstić information content (AvgIpc) is 1.38. The van der Waals surface area contributed by atoms with Crippen LogP contribution in [0.25, 0.3) is 0 Å². The fourth-order valence-corrected chi connectivity index (χ4v) is 0. The quantitative estimate of drug-likeness (QED) is 0.483. The third-order valence-corrected chi connectivity index (χ3v) is 1.02. The predicted octanol–water partition coefficient (Wildman–Crippen LogP) is 0.112. The van der Waals surface area contributed by atoms with Crippen LogP contribution in [0.15, 0.2) is 0 Å². The normalized spacial score (nSPS) is 12.5. The van der Waals surface area contributed by atoms with E-state index < -0.39 is 9.28 Å². The second-order valence-corrected chi connectivity index (χ2v) is 2.51. The first-order valence-corrected chi connectivity index (χ1v) is 3.62. The highest BCUT2D eigenvalue weighted by Gasteiger charge is 1.87. The Hall–Kier alpha value is 0.137. The highest BCUT2D eigenvalue weighted by Crippen LogP contribution is 1.66. The molecule has 0 saturated carbocycles. The van der Waals surface area contributed by atoms with Gasteiger partial charge in [-0.2, -0.15) is 0 Å². The molecule has 1 atom stereocenters. The molecule has 0 rings (SSSR count). The summed E-state index contributed by atoms with van der Waals surface area (Å²) in [5.74, 6) is 0. The summed E-state index contributed by atoms with van der Waals surface area (Å²) in [6.45, 7) is 1.69. The number of rotatable bonds is 1. The first-order chi connectivity index (χ1) is 2.27. The van der Waals surface area contributed by atoms with Crippen molar-refractivity contribution in [1.29, 1.82) is 0 Å². The van der Waals surface area contributed by atoms with Crippen molar-refractivity contribution >= 4 is 9.28 Å². The van der Waals surface area contributed by atoms with Crippen molar-refractivity contribution in [2.24, 2.45) is 0 Å². The minimum absolute atomic E-state index is 0. The largest absolute Gasteiger partial charge is 0.413 e. The maximum Gasteiger partial charge on any atom is 0.315 e. The molecule has 0 aliphatic rings. The van der Waals surface area contributed by atoms with Gasteiger partial charge in [-0.3, -0.25) is 0 Å². The minimum Gasteiger partial charge on any atom is -0.413 e. The molecule has 0 aromatic carbocycles. The Morgan fingerprint density at radius 2 is 1.83 bits per heavy atom. The van der Waals surface area contributed by atoms with Gasteiger partial charge < -0.3 is 9.22 Å². The van der Waals surface area contributed by atoms with Gasteiger partial charge in [-0.1, -0.05) is 7.43 Å². The highest BCUT2D eigenvalue weighted by atomic mass is 28.3. The maximum absolute atomic E-state index is 8.28. The first kappa shape index (κ1) is 9.46. The summed E-state index contributed by atoms with van der Waals surface area (Å²) in [6, 6.07) is 0. The van der Waals surface area contributed by atoms with Gasteiger partial charge in [0.15, 0.2) is 0 Å². The van der Waals surface area contributed by atoms with Gasteiger partial charge in [-0.25, -0.2) is 0 Å². The smallest absolute Gasteiger partial charge is 0.315 e. The van der Waals surface area contributed by atoms with E-state index in [1.54, 1.807) is 6.55 Å². The van der Waals surface area contributed by atoms with Gasteiger partial charge in [0, 0.05) is 7.11 Å². The monoisotopic (exact) mass is 108 g/mol. The Bertz CT molecular complexity index is 22.8. The summed E-state index contributed by atoms with van der Waals surface area (Å²) in [6.07, 6.45) is 0. The predicted molar refractivity (Wildman–Crippen MR) is 29.0 cm³/mol. The van der Waals surface area contributed by atoms with Crippen LogP contribution in [0.3, 0.4) is 0 Å². The molecule has 0 aliphatic carbocycles. The van der Waals surface area contributed by atoms with Crippen molar-refractivity contribution in [3.8, 4) is 0 Å². The molecule has 0 amide bonds. The third-order valence-electron chi connectivity index (χ3n) is 0.341. The summed E-state index contributed by atoms with van der Waals surface area (Å²) in [5.41, 5.74) is 0. The molecule has 6 heavy (non-hydrogen) atoms. The molecule has 40 valence electrons. The maximum atomic E-state index is 8.28. The molecule has 1 N–H and O–H groups in total. The summed E-state index contributed by atoms with van der Waals surface area (Å²) >= 11 is 0. The molecule has 0 aromatic heterocycles. The van der Waals surface area contributed by atoms with Gasteiger partial charge in [-0.15, -0.1) is 0 Å². The lowest BCUT2D eigenvalue weighted by molar-refractivity contribution is 0.334. The molecule has 0 saturated heterocycles. The molecule has 0 radical (unpaired) electrons. The van der Waals surface area contributed by atoms with E-state index in [2.05, 4.69) is 4.43 Å². The van der Waals surface area contributed by atoms with Gasteiger partial charge in [-0.05, 0) is 6.55 Å². The van der Waals surface area contributed by atoms with Gasteiger partial charge in [0.2, 0.25) is 0 Å².